The molecule has 0 radical (unpaired) electrons. The van der Waals surface area contributed by atoms with Crippen molar-refractivity contribution in [1.29, 1.82) is 0 Å². The van der Waals surface area contributed by atoms with Gasteiger partial charge in [-0.25, -0.2) is 0 Å². The molecule has 110 valence electrons. The molecule has 0 aliphatic rings. The summed E-state index contributed by atoms with van der Waals surface area (Å²) < 4.78 is 0.892. The molecule has 20 heavy (non-hydrogen) atoms. The van der Waals surface area contributed by atoms with E-state index in [2.05, 4.69) is 21.2 Å². The Morgan fingerprint density at radius 3 is 2.50 bits per heavy atom. The lowest BCUT2D eigenvalue weighted by molar-refractivity contribution is -0.137. The van der Waals surface area contributed by atoms with Gasteiger partial charge >= 0.3 is 5.97 Å². The van der Waals surface area contributed by atoms with Crippen molar-refractivity contribution in [1.82, 2.24) is 5.32 Å². The molecule has 2 N–H and O–H groups in total. The highest BCUT2D eigenvalue weighted by Crippen LogP contribution is 2.11. The summed E-state index contributed by atoms with van der Waals surface area (Å²) in [4.78, 5) is 22.1. The molecule has 0 unspecified atom stereocenters. The molecule has 0 fully saturated rings. The molecule has 0 spiro atoms. The Labute approximate surface area is 127 Å². The molecule has 1 amide bonds. The molecule has 0 aliphatic heterocycles. The van der Waals surface area contributed by atoms with Gasteiger partial charge in [0.2, 0.25) is 0 Å². The maximum Gasteiger partial charge on any atom is 0.303 e. The highest BCUT2D eigenvalue weighted by Gasteiger charge is 2.04. The number of hydrogen-bond donors (Lipinski definition) is 2. The van der Waals surface area contributed by atoms with Crippen molar-refractivity contribution < 1.29 is 14.7 Å². The van der Waals surface area contributed by atoms with E-state index in [1.165, 1.54) is 0 Å². The fourth-order valence-corrected chi connectivity index (χ4v) is 2.26. The molecule has 5 heteroatoms. The second-order valence-corrected chi connectivity index (χ2v) is 5.59. The van der Waals surface area contributed by atoms with Gasteiger partial charge in [0.1, 0.15) is 0 Å². The smallest absolute Gasteiger partial charge is 0.303 e. The minimum atomic E-state index is -0.730. The van der Waals surface area contributed by atoms with Crippen LogP contribution in [0.3, 0.4) is 0 Å². The SMILES string of the molecule is O=C(O)CCCCCCCNC(=O)c1cccc(Br)c1. The monoisotopic (exact) mass is 341 g/mol. The van der Waals surface area contributed by atoms with Crippen LogP contribution in [0.1, 0.15) is 48.9 Å². The number of rotatable bonds is 9. The van der Waals surface area contributed by atoms with Crippen LogP contribution in [0.4, 0.5) is 0 Å². The van der Waals surface area contributed by atoms with E-state index in [-0.39, 0.29) is 12.3 Å². The molecule has 0 aromatic heterocycles. The van der Waals surface area contributed by atoms with Crippen LogP contribution < -0.4 is 5.32 Å². The standard InChI is InChI=1S/C15H20BrNO3/c16-13-8-6-7-12(11-13)15(20)17-10-5-3-1-2-4-9-14(18)19/h6-8,11H,1-5,9-10H2,(H,17,20)(H,18,19). The maximum atomic E-state index is 11.8. The summed E-state index contributed by atoms with van der Waals surface area (Å²) in [7, 11) is 0. The Morgan fingerprint density at radius 1 is 1.10 bits per heavy atom. The predicted octanol–water partition coefficient (Wildman–Crippen LogP) is 3.60. The maximum absolute atomic E-state index is 11.8. The molecule has 1 rings (SSSR count). The van der Waals surface area contributed by atoms with Gasteiger partial charge in [-0.05, 0) is 31.0 Å². The zero-order valence-corrected chi connectivity index (χ0v) is 13.0. The van der Waals surface area contributed by atoms with Crippen LogP contribution in [0.5, 0.6) is 0 Å². The molecule has 0 heterocycles. The van der Waals surface area contributed by atoms with Gasteiger partial charge in [-0.2, -0.15) is 0 Å². The molecule has 1 aromatic carbocycles. The van der Waals surface area contributed by atoms with Crippen molar-refractivity contribution in [3.05, 3.63) is 34.3 Å². The predicted molar refractivity (Wildman–Crippen MR) is 81.8 cm³/mol. The number of carbonyl (C=O) groups excluding carboxylic acids is 1. The molecular weight excluding hydrogens is 322 g/mol. The quantitative estimate of drug-likeness (QED) is 0.674. The molecule has 0 bridgehead atoms. The number of carboxylic acids is 1. The van der Waals surface area contributed by atoms with Crippen molar-refractivity contribution >= 4 is 27.8 Å². The van der Waals surface area contributed by atoms with Crippen molar-refractivity contribution in [2.75, 3.05) is 6.54 Å². The van der Waals surface area contributed by atoms with E-state index in [0.717, 1.165) is 36.6 Å². The summed E-state index contributed by atoms with van der Waals surface area (Å²) in [6, 6.07) is 7.29. The first-order valence-electron chi connectivity index (χ1n) is 6.85. The van der Waals surface area contributed by atoms with Crippen LogP contribution in [-0.4, -0.2) is 23.5 Å². The Bertz CT molecular complexity index is 448. The zero-order valence-electron chi connectivity index (χ0n) is 11.4. The average Bonchev–Trinajstić information content (AvgIpc) is 2.41. The van der Waals surface area contributed by atoms with E-state index in [0.29, 0.717) is 12.1 Å². The normalized spacial score (nSPS) is 10.2. The topological polar surface area (TPSA) is 66.4 Å². The number of amides is 1. The largest absolute Gasteiger partial charge is 0.481 e. The second kappa shape index (κ2) is 9.53. The Morgan fingerprint density at radius 2 is 1.80 bits per heavy atom. The summed E-state index contributed by atoms with van der Waals surface area (Å²) in [6.07, 6.45) is 4.87. The first kappa shape index (κ1) is 16.7. The highest BCUT2D eigenvalue weighted by atomic mass is 79.9. The third-order valence-corrected chi connectivity index (χ3v) is 3.43. The lowest BCUT2D eigenvalue weighted by Crippen LogP contribution is -2.24. The van der Waals surface area contributed by atoms with Crippen LogP contribution in [0.15, 0.2) is 28.7 Å². The van der Waals surface area contributed by atoms with Crippen LogP contribution in [0, 0.1) is 0 Å². The zero-order chi connectivity index (χ0) is 14.8. The summed E-state index contributed by atoms with van der Waals surface area (Å²) >= 11 is 3.34. The number of unbranched alkanes of at least 4 members (excludes halogenated alkanes) is 4. The van der Waals surface area contributed by atoms with E-state index in [9.17, 15) is 9.59 Å². The fourth-order valence-electron chi connectivity index (χ4n) is 1.87. The van der Waals surface area contributed by atoms with Crippen molar-refractivity contribution in [3.63, 3.8) is 0 Å². The van der Waals surface area contributed by atoms with Crippen LogP contribution in [-0.2, 0) is 4.79 Å². The molecular formula is C15H20BrNO3. The van der Waals surface area contributed by atoms with Crippen molar-refractivity contribution in [2.45, 2.75) is 38.5 Å². The molecule has 1 aromatic rings. The number of carboxylic acid groups (broad SMARTS) is 1. The number of carbonyl (C=O) groups is 2. The van der Waals surface area contributed by atoms with Gasteiger partial charge in [0.05, 0.1) is 0 Å². The summed E-state index contributed by atoms with van der Waals surface area (Å²) in [6.45, 7) is 0.657. The van der Waals surface area contributed by atoms with Gasteiger partial charge in [-0.1, -0.05) is 41.3 Å². The van der Waals surface area contributed by atoms with E-state index < -0.39 is 5.97 Å². The minimum Gasteiger partial charge on any atom is -0.481 e. The van der Waals surface area contributed by atoms with Crippen molar-refractivity contribution in [3.8, 4) is 0 Å². The Balaban J connectivity index is 2.06. The van der Waals surface area contributed by atoms with Gasteiger partial charge in [-0.15, -0.1) is 0 Å². The molecule has 0 saturated heterocycles. The Kier molecular flexibility index (Phi) is 7.95. The second-order valence-electron chi connectivity index (χ2n) is 4.68. The Hall–Kier alpha value is -1.36. The first-order chi connectivity index (χ1) is 9.59. The number of hydrogen-bond acceptors (Lipinski definition) is 2. The van der Waals surface area contributed by atoms with Crippen LogP contribution >= 0.6 is 15.9 Å². The first-order valence-corrected chi connectivity index (χ1v) is 7.64. The molecule has 4 nitrogen and oxygen atoms in total. The van der Waals surface area contributed by atoms with E-state index in [1.54, 1.807) is 12.1 Å². The highest BCUT2D eigenvalue weighted by molar-refractivity contribution is 9.10. The number of halogens is 1. The number of benzene rings is 1. The van der Waals surface area contributed by atoms with Gasteiger partial charge in [0.25, 0.3) is 5.91 Å². The van der Waals surface area contributed by atoms with E-state index in [4.69, 9.17) is 5.11 Å². The lowest BCUT2D eigenvalue weighted by Gasteiger charge is -2.05. The van der Waals surface area contributed by atoms with Gasteiger partial charge in [0, 0.05) is 23.0 Å². The third-order valence-electron chi connectivity index (χ3n) is 2.94. The molecule has 0 saturated carbocycles. The summed E-state index contributed by atoms with van der Waals surface area (Å²) in [5, 5.41) is 11.4. The minimum absolute atomic E-state index is 0.0582. The number of nitrogens with one attached hydrogen (secondary N) is 1. The molecule has 0 aliphatic carbocycles. The fraction of sp³-hybridized carbons (Fsp3) is 0.467. The van der Waals surface area contributed by atoms with Crippen molar-refractivity contribution in [2.24, 2.45) is 0 Å². The lowest BCUT2D eigenvalue weighted by atomic mass is 10.1. The summed E-state index contributed by atoms with van der Waals surface area (Å²) in [5.74, 6) is -0.788. The van der Waals surface area contributed by atoms with Gasteiger partial charge < -0.3 is 10.4 Å². The number of aliphatic carboxylic acids is 1. The van der Waals surface area contributed by atoms with Crippen LogP contribution in [0.2, 0.25) is 0 Å². The molecule has 0 atom stereocenters. The van der Waals surface area contributed by atoms with E-state index >= 15 is 0 Å². The average molecular weight is 342 g/mol. The van der Waals surface area contributed by atoms with Gasteiger partial charge in [-0.3, -0.25) is 9.59 Å². The summed E-state index contributed by atoms with van der Waals surface area (Å²) in [5.41, 5.74) is 0.654. The van der Waals surface area contributed by atoms with Crippen LogP contribution in [0.25, 0.3) is 0 Å². The third kappa shape index (κ3) is 7.28. The van der Waals surface area contributed by atoms with E-state index in [1.807, 2.05) is 12.1 Å². The van der Waals surface area contributed by atoms with Gasteiger partial charge in [0.15, 0.2) is 0 Å².